The SMILES string of the molecule is COc1ccc(-c2cnc3ncnn3c2N2CCN(C(=O)c3cc(F)ccc3F)CC2)cc1OC. The second-order valence-electron chi connectivity index (χ2n) is 7.94. The molecular weight excluding hydrogens is 458 g/mol. The summed E-state index contributed by atoms with van der Waals surface area (Å²) in [5.41, 5.74) is 1.36. The van der Waals surface area contributed by atoms with Gasteiger partial charge in [-0.3, -0.25) is 4.79 Å². The smallest absolute Gasteiger partial charge is 0.257 e. The number of methoxy groups -OCH3 is 2. The average molecular weight is 480 g/mol. The Morgan fingerprint density at radius 2 is 1.71 bits per heavy atom. The summed E-state index contributed by atoms with van der Waals surface area (Å²) >= 11 is 0. The largest absolute Gasteiger partial charge is 0.493 e. The van der Waals surface area contributed by atoms with Gasteiger partial charge in [-0.05, 0) is 35.9 Å². The predicted molar refractivity (Wildman–Crippen MR) is 124 cm³/mol. The third kappa shape index (κ3) is 4.09. The van der Waals surface area contributed by atoms with Crippen molar-refractivity contribution < 1.29 is 23.0 Å². The Hall–Kier alpha value is -4.28. The topological polar surface area (TPSA) is 85.1 Å². The van der Waals surface area contributed by atoms with Crippen LogP contribution in [0.5, 0.6) is 11.5 Å². The molecular formula is C24H22F2N6O3. The molecule has 35 heavy (non-hydrogen) atoms. The molecule has 0 unspecified atom stereocenters. The third-order valence-electron chi connectivity index (χ3n) is 6.00. The van der Waals surface area contributed by atoms with E-state index in [1.807, 2.05) is 18.2 Å². The Labute approximate surface area is 199 Å². The van der Waals surface area contributed by atoms with Gasteiger partial charge in [-0.1, -0.05) is 6.07 Å². The standard InChI is InChI=1S/C24H22F2N6O3/c1-34-20-6-3-15(11-21(20)35-2)18-13-27-24-28-14-29-32(24)22(18)30-7-9-31(10-8-30)23(33)17-12-16(25)4-5-19(17)26/h3-6,11-14H,7-10H2,1-2H3. The molecule has 0 radical (unpaired) electrons. The van der Waals surface area contributed by atoms with Crippen molar-refractivity contribution in [2.45, 2.75) is 0 Å². The van der Waals surface area contributed by atoms with Crippen molar-refractivity contribution in [2.75, 3.05) is 45.3 Å². The molecule has 2 aromatic heterocycles. The number of hydrogen-bond acceptors (Lipinski definition) is 7. The quantitative estimate of drug-likeness (QED) is 0.434. The highest BCUT2D eigenvalue weighted by Gasteiger charge is 2.28. The number of carbonyl (C=O) groups is 1. The van der Waals surface area contributed by atoms with E-state index >= 15 is 0 Å². The zero-order chi connectivity index (χ0) is 24.5. The minimum absolute atomic E-state index is 0.271. The van der Waals surface area contributed by atoms with Gasteiger partial charge in [0.1, 0.15) is 23.8 Å². The number of carbonyl (C=O) groups excluding carboxylic acids is 1. The maximum atomic E-state index is 14.1. The highest BCUT2D eigenvalue weighted by atomic mass is 19.1. The molecule has 3 heterocycles. The molecule has 1 aliphatic rings. The number of benzene rings is 2. The summed E-state index contributed by atoms with van der Waals surface area (Å²) in [5.74, 6) is 0.425. The van der Waals surface area contributed by atoms with Crippen LogP contribution in [0.15, 0.2) is 48.9 Å². The summed E-state index contributed by atoms with van der Waals surface area (Å²) in [5, 5.41) is 4.35. The molecule has 5 rings (SSSR count). The first kappa shape index (κ1) is 22.5. The number of anilines is 1. The lowest BCUT2D eigenvalue weighted by Crippen LogP contribution is -2.49. The predicted octanol–water partition coefficient (Wildman–Crippen LogP) is 3.05. The lowest BCUT2D eigenvalue weighted by Gasteiger charge is -2.36. The van der Waals surface area contributed by atoms with E-state index in [0.29, 0.717) is 43.5 Å². The second kappa shape index (κ2) is 9.16. The highest BCUT2D eigenvalue weighted by molar-refractivity contribution is 5.94. The number of amides is 1. The molecule has 9 nitrogen and oxygen atoms in total. The summed E-state index contributed by atoms with van der Waals surface area (Å²) in [6.07, 6.45) is 3.15. The van der Waals surface area contributed by atoms with Gasteiger partial charge in [0, 0.05) is 37.9 Å². The zero-order valence-corrected chi connectivity index (χ0v) is 19.1. The fraction of sp³-hybridized carbons (Fsp3) is 0.250. The van der Waals surface area contributed by atoms with Gasteiger partial charge in [-0.2, -0.15) is 14.6 Å². The van der Waals surface area contributed by atoms with Crippen molar-refractivity contribution in [2.24, 2.45) is 0 Å². The van der Waals surface area contributed by atoms with Crippen molar-refractivity contribution in [3.05, 3.63) is 66.1 Å². The maximum absolute atomic E-state index is 14.1. The van der Waals surface area contributed by atoms with Gasteiger partial charge in [-0.25, -0.2) is 13.8 Å². The molecule has 1 amide bonds. The summed E-state index contributed by atoms with van der Waals surface area (Å²) < 4.78 is 40.2. The first-order valence-electron chi connectivity index (χ1n) is 10.9. The Morgan fingerprint density at radius 1 is 0.943 bits per heavy atom. The lowest BCUT2D eigenvalue weighted by atomic mass is 10.1. The van der Waals surface area contributed by atoms with Gasteiger partial charge in [0.15, 0.2) is 11.5 Å². The number of rotatable bonds is 5. The molecule has 1 aliphatic heterocycles. The summed E-state index contributed by atoms with van der Waals surface area (Å²) in [6, 6.07) is 8.46. The molecule has 0 N–H and O–H groups in total. The van der Waals surface area contributed by atoms with Crippen molar-refractivity contribution in [3.63, 3.8) is 0 Å². The maximum Gasteiger partial charge on any atom is 0.257 e. The minimum atomic E-state index is -0.743. The Bertz CT molecular complexity index is 1400. The number of nitrogens with zero attached hydrogens (tertiary/aromatic N) is 6. The van der Waals surface area contributed by atoms with E-state index in [0.717, 1.165) is 35.1 Å². The number of ether oxygens (including phenoxy) is 2. The zero-order valence-electron chi connectivity index (χ0n) is 19.1. The Balaban J connectivity index is 1.46. The monoisotopic (exact) mass is 480 g/mol. The van der Waals surface area contributed by atoms with Gasteiger partial charge < -0.3 is 19.3 Å². The van der Waals surface area contributed by atoms with E-state index in [1.165, 1.54) is 11.2 Å². The second-order valence-corrected chi connectivity index (χ2v) is 7.94. The van der Waals surface area contributed by atoms with Crippen molar-refractivity contribution in [1.29, 1.82) is 0 Å². The summed E-state index contributed by atoms with van der Waals surface area (Å²) in [6.45, 7) is 1.53. The molecule has 1 saturated heterocycles. The Morgan fingerprint density at radius 3 is 2.46 bits per heavy atom. The van der Waals surface area contributed by atoms with E-state index in [9.17, 15) is 13.6 Å². The number of halogens is 2. The number of hydrogen-bond donors (Lipinski definition) is 0. The first-order chi connectivity index (χ1) is 17.0. The fourth-order valence-electron chi connectivity index (χ4n) is 4.23. The molecule has 0 saturated carbocycles. The first-order valence-corrected chi connectivity index (χ1v) is 10.9. The number of fused-ring (bicyclic) bond motifs is 1. The van der Waals surface area contributed by atoms with Crippen molar-refractivity contribution in [3.8, 4) is 22.6 Å². The van der Waals surface area contributed by atoms with Gasteiger partial charge in [0.25, 0.3) is 11.7 Å². The van der Waals surface area contributed by atoms with Crippen LogP contribution in [0.3, 0.4) is 0 Å². The minimum Gasteiger partial charge on any atom is -0.493 e. The molecule has 0 aliphatic carbocycles. The molecule has 0 bridgehead atoms. The summed E-state index contributed by atoms with van der Waals surface area (Å²) in [4.78, 5) is 25.1. The van der Waals surface area contributed by atoms with Crippen LogP contribution < -0.4 is 14.4 Å². The molecule has 1 fully saturated rings. The van der Waals surface area contributed by atoms with Crippen LogP contribution in [-0.4, -0.2) is 70.8 Å². The summed E-state index contributed by atoms with van der Waals surface area (Å²) in [7, 11) is 3.14. The average Bonchev–Trinajstić information content (AvgIpc) is 3.38. The van der Waals surface area contributed by atoms with E-state index in [-0.39, 0.29) is 5.56 Å². The van der Waals surface area contributed by atoms with Crippen LogP contribution in [0.2, 0.25) is 0 Å². The van der Waals surface area contributed by atoms with E-state index < -0.39 is 17.5 Å². The molecule has 0 spiro atoms. The number of aromatic nitrogens is 4. The van der Waals surface area contributed by atoms with Crippen LogP contribution in [0.4, 0.5) is 14.6 Å². The normalized spacial score (nSPS) is 13.8. The molecule has 11 heteroatoms. The van der Waals surface area contributed by atoms with Crippen LogP contribution in [0.25, 0.3) is 16.9 Å². The van der Waals surface area contributed by atoms with Crippen molar-refractivity contribution >= 4 is 17.5 Å². The van der Waals surface area contributed by atoms with E-state index in [4.69, 9.17) is 9.47 Å². The molecule has 4 aromatic rings. The van der Waals surface area contributed by atoms with Gasteiger partial charge in [-0.15, -0.1) is 0 Å². The Kier molecular flexibility index (Phi) is 5.89. The fourth-order valence-corrected chi connectivity index (χ4v) is 4.23. The molecule has 0 atom stereocenters. The molecule has 2 aromatic carbocycles. The lowest BCUT2D eigenvalue weighted by molar-refractivity contribution is 0.0741. The number of piperazine rings is 1. The third-order valence-corrected chi connectivity index (χ3v) is 6.00. The van der Waals surface area contributed by atoms with Gasteiger partial charge in [0.2, 0.25) is 0 Å². The van der Waals surface area contributed by atoms with Gasteiger partial charge >= 0.3 is 0 Å². The van der Waals surface area contributed by atoms with Crippen LogP contribution >= 0.6 is 0 Å². The van der Waals surface area contributed by atoms with Gasteiger partial charge in [0.05, 0.1) is 19.8 Å². The highest BCUT2D eigenvalue weighted by Crippen LogP contribution is 2.36. The van der Waals surface area contributed by atoms with Crippen molar-refractivity contribution in [1.82, 2.24) is 24.5 Å². The van der Waals surface area contributed by atoms with Crippen LogP contribution in [0, 0.1) is 11.6 Å². The van der Waals surface area contributed by atoms with E-state index in [1.54, 1.807) is 24.9 Å². The molecule has 180 valence electrons. The van der Waals surface area contributed by atoms with Crippen LogP contribution in [0.1, 0.15) is 10.4 Å². The van der Waals surface area contributed by atoms with Crippen LogP contribution in [-0.2, 0) is 0 Å². The van der Waals surface area contributed by atoms with E-state index in [2.05, 4.69) is 20.0 Å².